The third kappa shape index (κ3) is 3.46. The second-order valence-corrected chi connectivity index (χ2v) is 5.57. The number of carbonyl (C=O) groups excluding carboxylic acids is 1. The number of nitrogens with zero attached hydrogens (tertiary/aromatic N) is 1. The van der Waals surface area contributed by atoms with Crippen molar-refractivity contribution in [3.63, 3.8) is 0 Å². The molecule has 0 spiro atoms. The summed E-state index contributed by atoms with van der Waals surface area (Å²) in [5.74, 6) is 1.42. The minimum Gasteiger partial charge on any atom is -0.457 e. The molecule has 0 bridgehead atoms. The molecule has 0 atom stereocenters. The van der Waals surface area contributed by atoms with Crippen LogP contribution in [0.25, 0.3) is 0 Å². The number of benzene rings is 2. The van der Waals surface area contributed by atoms with Gasteiger partial charge in [-0.3, -0.25) is 9.69 Å². The molecule has 1 fully saturated rings. The second-order valence-electron chi connectivity index (χ2n) is 5.57. The molecule has 22 heavy (non-hydrogen) atoms. The highest BCUT2D eigenvalue weighted by Gasteiger charge is 2.18. The zero-order valence-electron chi connectivity index (χ0n) is 12.5. The number of likely N-dealkylation sites (tertiary alicyclic amines) is 1. The maximum atomic E-state index is 12.4. The van der Waals surface area contributed by atoms with Gasteiger partial charge in [0.05, 0.1) is 6.54 Å². The van der Waals surface area contributed by atoms with Crippen LogP contribution in [0.4, 0.5) is 5.69 Å². The number of para-hydroxylation sites is 1. The van der Waals surface area contributed by atoms with E-state index in [4.69, 9.17) is 10.5 Å². The van der Waals surface area contributed by atoms with E-state index in [1.54, 1.807) is 18.2 Å². The molecule has 0 unspecified atom stereocenters. The predicted octanol–water partition coefficient (Wildman–Crippen LogP) is 3.34. The van der Waals surface area contributed by atoms with Crippen LogP contribution in [-0.2, 0) is 0 Å². The molecule has 4 heteroatoms. The third-order valence-corrected chi connectivity index (χ3v) is 3.87. The van der Waals surface area contributed by atoms with Gasteiger partial charge in [-0.2, -0.15) is 0 Å². The topological polar surface area (TPSA) is 55.6 Å². The molecule has 0 aliphatic carbocycles. The molecule has 2 aromatic carbocycles. The number of rotatable bonds is 5. The molecular weight excluding hydrogens is 276 g/mol. The number of Topliss-reactive ketones (excluding diaryl/α,β-unsaturated/α-hetero) is 1. The lowest BCUT2D eigenvalue weighted by Gasteiger charge is -2.15. The van der Waals surface area contributed by atoms with Crippen LogP contribution in [0.5, 0.6) is 11.5 Å². The van der Waals surface area contributed by atoms with E-state index < -0.39 is 0 Å². The lowest BCUT2D eigenvalue weighted by molar-refractivity contribution is 0.0946. The molecule has 0 saturated carbocycles. The molecule has 3 rings (SSSR count). The van der Waals surface area contributed by atoms with E-state index in [2.05, 4.69) is 4.90 Å². The normalized spacial score (nSPS) is 14.9. The highest BCUT2D eigenvalue weighted by molar-refractivity contribution is 6.02. The first-order valence-corrected chi connectivity index (χ1v) is 7.60. The van der Waals surface area contributed by atoms with Gasteiger partial charge >= 0.3 is 0 Å². The van der Waals surface area contributed by atoms with Crippen molar-refractivity contribution in [2.75, 3.05) is 25.4 Å². The zero-order valence-corrected chi connectivity index (χ0v) is 12.5. The van der Waals surface area contributed by atoms with E-state index in [1.165, 1.54) is 12.8 Å². The van der Waals surface area contributed by atoms with Crippen molar-refractivity contribution in [1.82, 2.24) is 4.90 Å². The first-order chi connectivity index (χ1) is 10.7. The largest absolute Gasteiger partial charge is 0.457 e. The van der Waals surface area contributed by atoms with Crippen molar-refractivity contribution in [1.29, 1.82) is 0 Å². The minimum absolute atomic E-state index is 0.0536. The minimum atomic E-state index is 0.0536. The van der Waals surface area contributed by atoms with E-state index in [-0.39, 0.29) is 5.78 Å². The van der Waals surface area contributed by atoms with Crippen molar-refractivity contribution in [3.8, 4) is 11.5 Å². The third-order valence-electron chi connectivity index (χ3n) is 3.87. The van der Waals surface area contributed by atoms with Crippen LogP contribution in [0, 0.1) is 0 Å². The summed E-state index contributed by atoms with van der Waals surface area (Å²) in [6, 6.07) is 14.8. The summed E-state index contributed by atoms with van der Waals surface area (Å²) >= 11 is 0. The average molecular weight is 296 g/mol. The summed E-state index contributed by atoms with van der Waals surface area (Å²) in [5.41, 5.74) is 7.01. The second kappa shape index (κ2) is 6.62. The first kappa shape index (κ1) is 14.6. The van der Waals surface area contributed by atoms with E-state index in [9.17, 15) is 4.79 Å². The van der Waals surface area contributed by atoms with Gasteiger partial charge in [0.1, 0.15) is 11.5 Å². The van der Waals surface area contributed by atoms with Gasteiger partial charge in [0.25, 0.3) is 0 Å². The van der Waals surface area contributed by atoms with Crippen molar-refractivity contribution >= 4 is 11.5 Å². The summed E-state index contributed by atoms with van der Waals surface area (Å²) in [7, 11) is 0. The number of anilines is 1. The van der Waals surface area contributed by atoms with Crippen molar-refractivity contribution in [3.05, 3.63) is 54.1 Å². The molecule has 2 aromatic rings. The van der Waals surface area contributed by atoms with Crippen LogP contribution < -0.4 is 10.5 Å². The number of nitrogens with two attached hydrogens (primary N) is 1. The fourth-order valence-electron chi connectivity index (χ4n) is 2.69. The van der Waals surface area contributed by atoms with Crippen molar-refractivity contribution < 1.29 is 9.53 Å². The maximum absolute atomic E-state index is 12.4. The smallest absolute Gasteiger partial charge is 0.179 e. The van der Waals surface area contributed by atoms with Crippen LogP contribution in [0.15, 0.2) is 48.5 Å². The molecule has 1 aliphatic rings. The monoisotopic (exact) mass is 296 g/mol. The summed E-state index contributed by atoms with van der Waals surface area (Å²) in [4.78, 5) is 14.6. The Bertz CT molecular complexity index is 649. The maximum Gasteiger partial charge on any atom is 0.179 e. The summed E-state index contributed by atoms with van der Waals surface area (Å²) in [6.45, 7) is 2.41. The molecule has 1 aliphatic heterocycles. The Hall–Kier alpha value is -2.33. The highest BCUT2D eigenvalue weighted by atomic mass is 16.5. The molecule has 0 aromatic heterocycles. The summed E-state index contributed by atoms with van der Waals surface area (Å²) in [5, 5.41) is 0. The fourth-order valence-corrected chi connectivity index (χ4v) is 2.69. The van der Waals surface area contributed by atoms with Gasteiger partial charge < -0.3 is 10.5 Å². The summed E-state index contributed by atoms with van der Waals surface area (Å²) < 4.78 is 5.77. The van der Waals surface area contributed by atoms with Gasteiger partial charge in [0, 0.05) is 11.3 Å². The molecule has 1 heterocycles. The summed E-state index contributed by atoms with van der Waals surface area (Å²) in [6.07, 6.45) is 2.33. The number of hydrogen-bond donors (Lipinski definition) is 1. The molecule has 0 radical (unpaired) electrons. The van der Waals surface area contributed by atoms with E-state index in [1.807, 2.05) is 30.3 Å². The first-order valence-electron chi connectivity index (χ1n) is 7.60. The Morgan fingerprint density at radius 2 is 1.77 bits per heavy atom. The van der Waals surface area contributed by atoms with Crippen molar-refractivity contribution in [2.24, 2.45) is 0 Å². The van der Waals surface area contributed by atoms with Gasteiger partial charge in [-0.15, -0.1) is 0 Å². The van der Waals surface area contributed by atoms with Crippen molar-refractivity contribution in [2.45, 2.75) is 12.8 Å². The quantitative estimate of drug-likeness (QED) is 0.679. The highest BCUT2D eigenvalue weighted by Crippen LogP contribution is 2.25. The van der Waals surface area contributed by atoms with E-state index >= 15 is 0 Å². The Morgan fingerprint density at radius 1 is 1.05 bits per heavy atom. The van der Waals surface area contributed by atoms with Crippen LogP contribution in [-0.4, -0.2) is 30.3 Å². The zero-order chi connectivity index (χ0) is 15.4. The van der Waals surface area contributed by atoms with Gasteiger partial charge in [-0.25, -0.2) is 0 Å². The standard InChI is InChI=1S/C18H20N2O2/c19-17-9-8-15(22-14-6-2-1-3-7-14)12-16(17)18(21)13-20-10-4-5-11-20/h1-3,6-9,12H,4-5,10-11,13,19H2. The van der Waals surface area contributed by atoms with E-state index in [0.29, 0.717) is 23.5 Å². The SMILES string of the molecule is Nc1ccc(Oc2ccccc2)cc1C(=O)CN1CCCC1. The van der Waals surface area contributed by atoms with Gasteiger partial charge in [-0.1, -0.05) is 18.2 Å². The number of hydrogen-bond acceptors (Lipinski definition) is 4. The van der Waals surface area contributed by atoms with Gasteiger partial charge in [0.2, 0.25) is 0 Å². The molecule has 1 saturated heterocycles. The van der Waals surface area contributed by atoms with Crippen LogP contribution >= 0.6 is 0 Å². The Labute approximate surface area is 130 Å². The average Bonchev–Trinajstić information content (AvgIpc) is 3.03. The molecule has 4 nitrogen and oxygen atoms in total. The lowest BCUT2D eigenvalue weighted by atomic mass is 10.1. The molecule has 114 valence electrons. The molecule has 0 amide bonds. The molecule has 2 N–H and O–H groups in total. The number of ketones is 1. The van der Waals surface area contributed by atoms with Gasteiger partial charge in [0.15, 0.2) is 5.78 Å². The number of ether oxygens (including phenoxy) is 1. The fraction of sp³-hybridized carbons (Fsp3) is 0.278. The Morgan fingerprint density at radius 3 is 2.50 bits per heavy atom. The molecular formula is C18H20N2O2. The van der Waals surface area contributed by atoms with E-state index in [0.717, 1.165) is 18.8 Å². The number of carbonyl (C=O) groups is 1. The predicted molar refractivity (Wildman–Crippen MR) is 87.4 cm³/mol. The lowest BCUT2D eigenvalue weighted by Crippen LogP contribution is -2.27. The van der Waals surface area contributed by atoms with Crippen LogP contribution in [0.1, 0.15) is 23.2 Å². The Kier molecular flexibility index (Phi) is 4.39. The number of nitrogen functional groups attached to an aromatic ring is 1. The van der Waals surface area contributed by atoms with Crippen LogP contribution in [0.3, 0.4) is 0 Å². The van der Waals surface area contributed by atoms with Gasteiger partial charge in [-0.05, 0) is 56.3 Å². The Balaban J connectivity index is 1.75. The van der Waals surface area contributed by atoms with Crippen LogP contribution in [0.2, 0.25) is 0 Å².